The van der Waals surface area contributed by atoms with Crippen molar-refractivity contribution in [2.45, 2.75) is 270 Å². The van der Waals surface area contributed by atoms with Gasteiger partial charge in [0.15, 0.2) is 0 Å². The predicted octanol–water partition coefficient (Wildman–Crippen LogP) is 30.4. The second kappa shape index (κ2) is 37.9. The lowest BCUT2D eigenvalue weighted by Crippen LogP contribution is -2.26. The zero-order chi connectivity index (χ0) is 67.5. The van der Waals surface area contributed by atoms with Crippen molar-refractivity contribution < 1.29 is 0 Å². The van der Waals surface area contributed by atoms with Crippen molar-refractivity contribution in [2.75, 3.05) is 4.90 Å². The number of unbranched alkanes of at least 4 members (excludes halogenated alkanes) is 28. The predicted molar refractivity (Wildman–Crippen MR) is 432 cm³/mol. The fourth-order valence-electron chi connectivity index (χ4n) is 16.8. The highest BCUT2D eigenvalue weighted by Gasteiger charge is 2.44. The number of anilines is 3. The molecule has 98 heavy (non-hydrogen) atoms. The van der Waals surface area contributed by atoms with Crippen molar-refractivity contribution in [2.24, 2.45) is 0 Å². The van der Waals surface area contributed by atoms with Gasteiger partial charge in [0.2, 0.25) is 0 Å². The second-order valence-electron chi connectivity index (χ2n) is 29.5. The molecule has 0 atom stereocenters. The maximum atomic E-state index is 4.97. The SMILES string of the molecule is CCCCCCCCCCC1(CCCCCCCCCC)c2cc(/C=C/c3ccc(-c4nc5ccccc5s4)cc3)ccc2-c2ccc(/C=C/c3ccc4c(c3)C(CCCCCCCCCC)(CCCCCCCCCC)c3cc(N(c5ccccc5)c5ccccc5)ccc3-4)cc21. The van der Waals surface area contributed by atoms with Gasteiger partial charge in [0.05, 0.1) is 10.2 Å². The molecule has 2 nitrogen and oxygen atoms in total. The van der Waals surface area contributed by atoms with Gasteiger partial charge in [0.1, 0.15) is 5.01 Å². The van der Waals surface area contributed by atoms with Crippen LogP contribution in [0.3, 0.4) is 0 Å². The Labute approximate surface area is 598 Å². The Morgan fingerprint density at radius 1 is 0.296 bits per heavy atom. The van der Waals surface area contributed by atoms with Crippen LogP contribution in [-0.4, -0.2) is 4.98 Å². The number of hydrogen-bond acceptors (Lipinski definition) is 3. The van der Waals surface area contributed by atoms with Crippen molar-refractivity contribution >= 4 is 62.9 Å². The summed E-state index contributed by atoms with van der Waals surface area (Å²) in [4.78, 5) is 7.46. The number of fused-ring (bicyclic) bond motifs is 7. The van der Waals surface area contributed by atoms with Gasteiger partial charge in [-0.05, 0) is 141 Å². The number of benzene rings is 8. The maximum absolute atomic E-state index is 4.97. The van der Waals surface area contributed by atoms with E-state index in [2.05, 4.69) is 239 Å². The van der Waals surface area contributed by atoms with E-state index in [0.29, 0.717) is 0 Å². The Bertz CT molecular complexity index is 3790. The third kappa shape index (κ3) is 18.7. The van der Waals surface area contributed by atoms with Gasteiger partial charge in [-0.1, -0.05) is 391 Å². The van der Waals surface area contributed by atoms with Gasteiger partial charge >= 0.3 is 0 Å². The van der Waals surface area contributed by atoms with Gasteiger partial charge in [0, 0.05) is 33.5 Å². The minimum atomic E-state index is -0.0750. The van der Waals surface area contributed by atoms with Crippen LogP contribution in [0.4, 0.5) is 17.1 Å². The third-order valence-corrected chi connectivity index (χ3v) is 23.4. The van der Waals surface area contributed by atoms with Crippen molar-refractivity contribution in [3.05, 3.63) is 226 Å². The van der Waals surface area contributed by atoms with E-state index in [9.17, 15) is 0 Å². The smallest absolute Gasteiger partial charge is 0.124 e. The molecule has 0 spiro atoms. The zero-order valence-corrected chi connectivity index (χ0v) is 61.7. The molecule has 2 aliphatic rings. The molecular formula is C95H118N2S. The highest BCUT2D eigenvalue weighted by atomic mass is 32.1. The minimum absolute atomic E-state index is 0.0406. The Morgan fingerprint density at radius 3 is 0.990 bits per heavy atom. The standard InChI is InChI=1S/C95H118N2S/c1-5-9-13-17-21-25-29-41-67-94(68-42-30-26-22-18-14-10-6-2)87-71-76(52-51-75-55-60-79(61-56-75)93-96-91-49-39-40-50-92(91)98-93)57-63-83(87)84-64-58-77(72-88(84)94)53-54-78-59-65-85-86-66-62-82(97(80-45-35-33-36-46-80)81-47-37-34-38-48-81)74-90(86)95(89(85)73-78,69-43-31-27-23-19-15-11-7-3)70-44-32-28-24-20-16-12-8-4/h33-40,45-66,71-74H,5-32,41-44,67-70H2,1-4H3/b52-51+,54-53+. The van der Waals surface area contributed by atoms with E-state index in [1.54, 1.807) is 33.6 Å². The largest absolute Gasteiger partial charge is 0.310 e. The van der Waals surface area contributed by atoms with Crippen LogP contribution in [-0.2, 0) is 10.8 Å². The molecule has 0 saturated carbocycles. The molecule has 9 aromatic rings. The molecule has 1 heterocycles. The van der Waals surface area contributed by atoms with Crippen molar-refractivity contribution in [3.8, 4) is 32.8 Å². The molecule has 1 aromatic heterocycles. The summed E-state index contributed by atoms with van der Waals surface area (Å²) in [5, 5.41) is 1.08. The lowest BCUT2D eigenvalue weighted by atomic mass is 9.70. The molecule has 11 rings (SSSR count). The molecule has 0 fully saturated rings. The molecule has 2 aliphatic carbocycles. The number of para-hydroxylation sites is 3. The van der Waals surface area contributed by atoms with Gasteiger partial charge in [-0.15, -0.1) is 11.3 Å². The van der Waals surface area contributed by atoms with E-state index in [4.69, 9.17) is 4.98 Å². The quantitative estimate of drug-likeness (QED) is 0.0279. The first-order chi connectivity index (χ1) is 48.4. The fourth-order valence-corrected chi connectivity index (χ4v) is 17.7. The molecule has 0 saturated heterocycles. The van der Waals surface area contributed by atoms with Crippen LogP contribution in [0.25, 0.3) is 67.3 Å². The summed E-state index contributed by atoms with van der Waals surface area (Å²) in [5.74, 6) is 0. The average Bonchev–Trinajstić information content (AvgIpc) is 1.57. The molecule has 3 heteroatoms. The molecule has 0 bridgehead atoms. The van der Waals surface area contributed by atoms with E-state index in [-0.39, 0.29) is 10.8 Å². The lowest BCUT2D eigenvalue weighted by Gasteiger charge is -2.34. The first-order valence-electron chi connectivity index (χ1n) is 39.8. The van der Waals surface area contributed by atoms with E-state index in [1.165, 1.54) is 303 Å². The summed E-state index contributed by atoms with van der Waals surface area (Å²) in [6.07, 6.45) is 57.2. The van der Waals surface area contributed by atoms with Gasteiger partial charge in [0.25, 0.3) is 0 Å². The van der Waals surface area contributed by atoms with E-state index in [0.717, 1.165) is 10.5 Å². The molecule has 0 N–H and O–H groups in total. The summed E-state index contributed by atoms with van der Waals surface area (Å²) in [7, 11) is 0. The molecule has 0 radical (unpaired) electrons. The number of thiazole rings is 1. The van der Waals surface area contributed by atoms with Gasteiger partial charge in [-0.2, -0.15) is 0 Å². The summed E-state index contributed by atoms with van der Waals surface area (Å²) in [6.45, 7) is 9.35. The van der Waals surface area contributed by atoms with Crippen molar-refractivity contribution in [1.82, 2.24) is 4.98 Å². The molecule has 8 aromatic carbocycles. The Morgan fingerprint density at radius 2 is 0.612 bits per heavy atom. The number of hydrogen-bond donors (Lipinski definition) is 0. The summed E-state index contributed by atoms with van der Waals surface area (Å²) >= 11 is 1.78. The monoisotopic (exact) mass is 1320 g/mol. The maximum Gasteiger partial charge on any atom is 0.124 e. The van der Waals surface area contributed by atoms with Gasteiger partial charge < -0.3 is 4.90 Å². The number of rotatable bonds is 44. The molecular weight excluding hydrogens is 1200 g/mol. The fraction of sp³-hybridized carbons (Fsp3) is 0.442. The topological polar surface area (TPSA) is 16.1 Å². The zero-order valence-electron chi connectivity index (χ0n) is 60.9. The number of aromatic nitrogens is 1. The van der Waals surface area contributed by atoms with Crippen LogP contribution in [0.1, 0.15) is 303 Å². The normalized spacial score (nSPS) is 13.4. The molecule has 514 valence electrons. The molecule has 0 amide bonds. The Kier molecular flexibility index (Phi) is 27.9. The first-order valence-corrected chi connectivity index (χ1v) is 40.6. The van der Waals surface area contributed by atoms with Crippen molar-refractivity contribution in [1.29, 1.82) is 0 Å². The first kappa shape index (κ1) is 72.2. The summed E-state index contributed by atoms with van der Waals surface area (Å²) < 4.78 is 1.24. The van der Waals surface area contributed by atoms with Gasteiger partial charge in [-0.3, -0.25) is 0 Å². The van der Waals surface area contributed by atoms with E-state index in [1.807, 2.05) is 0 Å². The van der Waals surface area contributed by atoms with Crippen LogP contribution < -0.4 is 4.90 Å². The second-order valence-corrected chi connectivity index (χ2v) is 30.5. The highest BCUT2D eigenvalue weighted by molar-refractivity contribution is 7.21. The van der Waals surface area contributed by atoms with Gasteiger partial charge in [-0.25, -0.2) is 4.98 Å². The van der Waals surface area contributed by atoms with E-state index >= 15 is 0 Å². The highest BCUT2D eigenvalue weighted by Crippen LogP contribution is 2.58. The van der Waals surface area contributed by atoms with Crippen LogP contribution >= 0.6 is 11.3 Å². The Hall–Kier alpha value is -7.07. The molecule has 0 aliphatic heterocycles. The van der Waals surface area contributed by atoms with Crippen LogP contribution in [0.5, 0.6) is 0 Å². The van der Waals surface area contributed by atoms with E-state index < -0.39 is 0 Å². The van der Waals surface area contributed by atoms with Crippen LogP contribution in [0.2, 0.25) is 0 Å². The third-order valence-electron chi connectivity index (χ3n) is 22.3. The van der Waals surface area contributed by atoms with Crippen LogP contribution in [0, 0.1) is 0 Å². The summed E-state index contributed by atoms with van der Waals surface area (Å²) in [6, 6.07) is 70.0. The molecule has 0 unspecified atom stereocenters. The van der Waals surface area contributed by atoms with Crippen molar-refractivity contribution in [3.63, 3.8) is 0 Å². The minimum Gasteiger partial charge on any atom is -0.310 e. The Balaban J connectivity index is 0.936. The lowest BCUT2D eigenvalue weighted by molar-refractivity contribution is 0.397. The average molecular weight is 1320 g/mol. The number of nitrogens with zero attached hydrogens (tertiary/aromatic N) is 2. The summed E-state index contributed by atoms with van der Waals surface area (Å²) in [5.41, 5.74) is 23.0. The van der Waals surface area contributed by atoms with Crippen LogP contribution in [0.15, 0.2) is 182 Å².